The van der Waals surface area contributed by atoms with Crippen LogP contribution >= 0.6 is 0 Å². The Hall–Kier alpha value is -1.49. The normalized spacial score (nSPS) is 36.5. The zero-order chi connectivity index (χ0) is 15.7. The van der Waals surface area contributed by atoms with Crippen molar-refractivity contribution < 1.29 is 24.1 Å². The Kier molecular flexibility index (Phi) is 4.17. The first-order chi connectivity index (χ1) is 10.5. The first kappa shape index (κ1) is 15.4. The second-order valence-electron chi connectivity index (χ2n) is 5.91. The van der Waals surface area contributed by atoms with E-state index in [9.17, 15) is 5.11 Å². The van der Waals surface area contributed by atoms with E-state index in [-0.39, 0.29) is 0 Å². The number of benzene rings is 1. The molecule has 0 saturated carbocycles. The van der Waals surface area contributed by atoms with Gasteiger partial charge in [0.25, 0.3) is 0 Å². The molecule has 0 spiro atoms. The van der Waals surface area contributed by atoms with Crippen LogP contribution < -0.4 is 0 Å². The maximum absolute atomic E-state index is 10.3. The predicted molar refractivity (Wildman–Crippen MR) is 75.3 cm³/mol. The lowest BCUT2D eigenvalue weighted by Crippen LogP contribution is -2.56. The minimum atomic E-state index is -1.09. The van der Waals surface area contributed by atoms with Crippen LogP contribution in [0.5, 0.6) is 0 Å². The van der Waals surface area contributed by atoms with Gasteiger partial charge in [-0.3, -0.25) is 0 Å². The summed E-state index contributed by atoms with van der Waals surface area (Å²) < 4.78 is 22.7. The molecule has 6 nitrogen and oxygen atoms in total. The van der Waals surface area contributed by atoms with Crippen molar-refractivity contribution in [2.24, 2.45) is 0 Å². The number of nitrogens with zero attached hydrogens (tertiary/aromatic N) is 1. The number of aliphatic hydroxyl groups excluding tert-OH is 1. The van der Waals surface area contributed by atoms with Crippen LogP contribution in [-0.2, 0) is 25.6 Å². The molecule has 0 radical (unpaired) electrons. The van der Waals surface area contributed by atoms with Crippen molar-refractivity contribution in [2.45, 2.75) is 56.9 Å². The molecule has 0 amide bonds. The van der Waals surface area contributed by atoms with Crippen LogP contribution in [0.1, 0.15) is 19.4 Å². The van der Waals surface area contributed by atoms with Crippen molar-refractivity contribution in [1.29, 1.82) is 5.26 Å². The Morgan fingerprint density at radius 3 is 2.68 bits per heavy atom. The number of hydrogen-bond donors (Lipinski definition) is 1. The second kappa shape index (κ2) is 5.95. The molecule has 1 N–H and O–H groups in total. The molecule has 0 bridgehead atoms. The zero-order valence-corrected chi connectivity index (χ0v) is 12.5. The summed E-state index contributed by atoms with van der Waals surface area (Å²) in [6.45, 7) is 3.83. The van der Waals surface area contributed by atoms with Crippen molar-refractivity contribution in [2.75, 3.05) is 0 Å². The maximum Gasteiger partial charge on any atom is 0.191 e. The molecule has 4 unspecified atom stereocenters. The van der Waals surface area contributed by atoms with Gasteiger partial charge in [0.15, 0.2) is 18.2 Å². The summed E-state index contributed by atoms with van der Waals surface area (Å²) >= 11 is 0. The summed E-state index contributed by atoms with van der Waals surface area (Å²) in [6.07, 6.45) is -4.07. The fourth-order valence-electron chi connectivity index (χ4n) is 2.74. The van der Waals surface area contributed by atoms with Crippen molar-refractivity contribution in [1.82, 2.24) is 0 Å². The molecular weight excluding hydrogens is 286 g/mol. The van der Waals surface area contributed by atoms with Gasteiger partial charge in [-0.1, -0.05) is 30.3 Å². The summed E-state index contributed by atoms with van der Waals surface area (Å²) in [5.74, 6) is -0.840. The first-order valence-corrected chi connectivity index (χ1v) is 7.24. The highest BCUT2D eigenvalue weighted by Gasteiger charge is 2.55. The Balaban J connectivity index is 1.75. The third-order valence-corrected chi connectivity index (χ3v) is 3.75. The van der Waals surface area contributed by atoms with Crippen molar-refractivity contribution in [3.8, 4) is 6.07 Å². The number of rotatable bonds is 3. The number of aliphatic hydroxyl groups is 1. The van der Waals surface area contributed by atoms with E-state index in [2.05, 4.69) is 0 Å². The van der Waals surface area contributed by atoms with Crippen molar-refractivity contribution >= 4 is 0 Å². The summed E-state index contributed by atoms with van der Waals surface area (Å²) in [4.78, 5) is 0. The van der Waals surface area contributed by atoms with Crippen molar-refractivity contribution in [3.05, 3.63) is 35.9 Å². The molecule has 2 aliphatic heterocycles. The molecule has 5 atom stereocenters. The Morgan fingerprint density at radius 1 is 1.27 bits per heavy atom. The van der Waals surface area contributed by atoms with Crippen LogP contribution in [0.15, 0.2) is 30.3 Å². The molecule has 3 rings (SSSR count). The van der Waals surface area contributed by atoms with Crippen LogP contribution in [0.2, 0.25) is 0 Å². The van der Waals surface area contributed by atoms with Crippen LogP contribution in [-0.4, -0.2) is 41.6 Å². The number of hydrogen-bond acceptors (Lipinski definition) is 6. The second-order valence-corrected chi connectivity index (χ2v) is 5.91. The van der Waals surface area contributed by atoms with E-state index in [1.54, 1.807) is 13.8 Å². The summed E-state index contributed by atoms with van der Waals surface area (Å²) in [6, 6.07) is 11.5. The predicted octanol–water partition coefficient (Wildman–Crippen LogP) is 1.33. The molecule has 2 fully saturated rings. The zero-order valence-electron chi connectivity index (χ0n) is 12.5. The van der Waals surface area contributed by atoms with E-state index >= 15 is 0 Å². The lowest BCUT2D eigenvalue weighted by atomic mass is 9.99. The lowest BCUT2D eigenvalue weighted by Gasteiger charge is -2.37. The molecule has 1 aromatic carbocycles. The monoisotopic (exact) mass is 305 g/mol. The molecule has 2 saturated heterocycles. The molecule has 118 valence electrons. The molecule has 0 aromatic heterocycles. The quantitative estimate of drug-likeness (QED) is 0.907. The SMILES string of the molecule is CC1(C)OC2C(OCc3ccccc3)C(O)C(C#N)O[C@H]2O1. The van der Waals surface area contributed by atoms with Gasteiger partial charge in [-0.15, -0.1) is 0 Å². The third-order valence-electron chi connectivity index (χ3n) is 3.75. The average Bonchev–Trinajstić information content (AvgIpc) is 2.81. The highest BCUT2D eigenvalue weighted by Crippen LogP contribution is 2.37. The van der Waals surface area contributed by atoms with Gasteiger partial charge in [-0.05, 0) is 19.4 Å². The minimum absolute atomic E-state index is 0.313. The molecule has 0 aliphatic carbocycles. The van der Waals surface area contributed by atoms with Gasteiger partial charge in [0.2, 0.25) is 0 Å². The fourth-order valence-corrected chi connectivity index (χ4v) is 2.74. The van der Waals surface area contributed by atoms with Gasteiger partial charge in [0.1, 0.15) is 18.3 Å². The highest BCUT2D eigenvalue weighted by atomic mass is 16.8. The molecule has 2 heterocycles. The fraction of sp³-hybridized carbons (Fsp3) is 0.562. The van der Waals surface area contributed by atoms with Gasteiger partial charge in [-0.2, -0.15) is 5.26 Å². The first-order valence-electron chi connectivity index (χ1n) is 7.24. The number of nitriles is 1. The van der Waals surface area contributed by atoms with Crippen LogP contribution in [0.3, 0.4) is 0 Å². The topological polar surface area (TPSA) is 80.9 Å². The summed E-state index contributed by atoms with van der Waals surface area (Å²) in [5, 5.41) is 19.4. The van der Waals surface area contributed by atoms with E-state index in [1.807, 2.05) is 36.4 Å². The van der Waals surface area contributed by atoms with Gasteiger partial charge < -0.3 is 24.1 Å². The number of fused-ring (bicyclic) bond motifs is 1. The molecule has 22 heavy (non-hydrogen) atoms. The number of ether oxygens (including phenoxy) is 4. The Labute approximate surface area is 129 Å². The van der Waals surface area contributed by atoms with E-state index in [4.69, 9.17) is 24.2 Å². The summed E-state index contributed by atoms with van der Waals surface area (Å²) in [5.41, 5.74) is 0.976. The largest absolute Gasteiger partial charge is 0.386 e. The summed E-state index contributed by atoms with van der Waals surface area (Å²) in [7, 11) is 0. The molecule has 2 aliphatic rings. The smallest absolute Gasteiger partial charge is 0.191 e. The average molecular weight is 305 g/mol. The van der Waals surface area contributed by atoms with Crippen LogP contribution in [0.4, 0.5) is 0 Å². The maximum atomic E-state index is 10.3. The van der Waals surface area contributed by atoms with Gasteiger partial charge >= 0.3 is 0 Å². The van der Waals surface area contributed by atoms with E-state index in [0.29, 0.717) is 6.61 Å². The lowest BCUT2D eigenvalue weighted by molar-refractivity contribution is -0.246. The third kappa shape index (κ3) is 3.00. The van der Waals surface area contributed by atoms with Gasteiger partial charge in [0, 0.05) is 0 Å². The molecule has 1 aromatic rings. The molecule has 6 heteroatoms. The van der Waals surface area contributed by atoms with Crippen molar-refractivity contribution in [3.63, 3.8) is 0 Å². The van der Waals surface area contributed by atoms with Gasteiger partial charge in [0.05, 0.1) is 12.7 Å². The Morgan fingerprint density at radius 2 is 2.00 bits per heavy atom. The molecular formula is C16H19NO5. The van der Waals surface area contributed by atoms with Crippen LogP contribution in [0.25, 0.3) is 0 Å². The van der Waals surface area contributed by atoms with Crippen LogP contribution in [0, 0.1) is 11.3 Å². The minimum Gasteiger partial charge on any atom is -0.386 e. The van der Waals surface area contributed by atoms with E-state index < -0.39 is 36.5 Å². The standard InChI is InChI=1S/C16H19NO5/c1-16(2)21-14-13(19-9-10-6-4-3-5-7-10)12(18)11(8-17)20-15(14)22-16/h3-7,11-15,18H,9H2,1-2H3/t11?,12?,13?,14?,15-/m0/s1. The van der Waals surface area contributed by atoms with Gasteiger partial charge in [-0.25, -0.2) is 0 Å². The Bertz CT molecular complexity index is 555. The van der Waals surface area contributed by atoms with E-state index in [1.165, 1.54) is 0 Å². The van der Waals surface area contributed by atoms with E-state index in [0.717, 1.165) is 5.56 Å². The highest BCUT2D eigenvalue weighted by molar-refractivity contribution is 5.13.